The summed E-state index contributed by atoms with van der Waals surface area (Å²) in [7, 11) is 0. The number of hydrogen-bond donors (Lipinski definition) is 2. The number of anilines is 1. The molecule has 2 aromatic rings. The second kappa shape index (κ2) is 6.57. The second-order valence-corrected chi connectivity index (χ2v) is 5.40. The number of hydrogen-bond acceptors (Lipinski definition) is 5. The number of aromatic amines is 1. The van der Waals surface area contributed by atoms with Gasteiger partial charge in [-0.05, 0) is 12.1 Å². The van der Waals surface area contributed by atoms with E-state index < -0.39 is 6.10 Å². The van der Waals surface area contributed by atoms with Gasteiger partial charge in [-0.3, -0.25) is 9.78 Å². The minimum Gasteiger partial charge on any atom is -0.389 e. The van der Waals surface area contributed by atoms with Gasteiger partial charge in [-0.25, -0.2) is 4.98 Å². The summed E-state index contributed by atoms with van der Waals surface area (Å²) in [6.45, 7) is 2.15. The number of nitrogens with one attached hydrogen (secondary N) is 1. The minimum atomic E-state index is -0.568. The van der Waals surface area contributed by atoms with Crippen molar-refractivity contribution < 1.29 is 9.90 Å². The topological polar surface area (TPSA) is 85.4 Å². The lowest BCUT2D eigenvalue weighted by Crippen LogP contribution is -2.38. The van der Waals surface area contributed by atoms with Crippen LogP contribution in [0, 0.1) is 0 Å². The zero-order chi connectivity index (χ0) is 15.4. The summed E-state index contributed by atoms with van der Waals surface area (Å²) < 4.78 is 0. The molecule has 116 valence electrons. The molecule has 3 heterocycles. The van der Waals surface area contributed by atoms with Crippen LogP contribution in [0.25, 0.3) is 0 Å². The molecule has 0 bridgehead atoms. The number of carbonyl (C=O) groups is 1. The van der Waals surface area contributed by atoms with Crippen LogP contribution in [0.2, 0.25) is 0 Å². The van der Waals surface area contributed by atoms with Crippen LogP contribution in [0.15, 0.2) is 37.1 Å². The molecule has 7 nitrogen and oxygen atoms in total. The zero-order valence-corrected chi connectivity index (χ0v) is 12.2. The molecule has 2 N–H and O–H groups in total. The van der Waals surface area contributed by atoms with Gasteiger partial charge in [-0.2, -0.15) is 0 Å². The Morgan fingerprint density at radius 2 is 2.09 bits per heavy atom. The van der Waals surface area contributed by atoms with Crippen LogP contribution in [-0.4, -0.2) is 63.1 Å². The first kappa shape index (κ1) is 14.5. The van der Waals surface area contributed by atoms with Crippen LogP contribution in [0.4, 0.5) is 5.69 Å². The lowest BCUT2D eigenvalue weighted by molar-refractivity contribution is -0.131. The number of nitrogens with zero attached hydrogens (tertiary/aromatic N) is 4. The second-order valence-electron chi connectivity index (χ2n) is 5.40. The molecule has 3 rings (SSSR count). The van der Waals surface area contributed by atoms with Crippen molar-refractivity contribution in [3.05, 3.63) is 42.7 Å². The predicted molar refractivity (Wildman–Crippen MR) is 81.3 cm³/mol. The number of β-amino-alcohol motifs (C(OH)–C–C–N with tert-alkyl or cyclic N) is 1. The van der Waals surface area contributed by atoms with E-state index in [1.165, 1.54) is 0 Å². The van der Waals surface area contributed by atoms with E-state index in [4.69, 9.17) is 0 Å². The molecule has 0 saturated carbocycles. The lowest BCUT2D eigenvalue weighted by atomic mass is 10.2. The van der Waals surface area contributed by atoms with Crippen LogP contribution in [-0.2, 0) is 11.2 Å². The van der Waals surface area contributed by atoms with Crippen molar-refractivity contribution in [3.8, 4) is 0 Å². The van der Waals surface area contributed by atoms with Gasteiger partial charge in [-0.15, -0.1) is 0 Å². The van der Waals surface area contributed by atoms with Gasteiger partial charge in [0.25, 0.3) is 0 Å². The standard InChI is InChI=1S/C15H19N5O2/c21-14-9-19(13-1-3-16-4-2-13)5-6-20(10-14)15(22)7-12-8-17-11-18-12/h1-4,8,11,14,21H,5-7,9-10H2,(H,17,18). The molecule has 0 aliphatic carbocycles. The first-order chi connectivity index (χ1) is 10.7. The predicted octanol–water partition coefficient (Wildman–Crippen LogP) is 0.0569. The van der Waals surface area contributed by atoms with Crippen LogP contribution in [0.3, 0.4) is 0 Å². The van der Waals surface area contributed by atoms with E-state index in [-0.39, 0.29) is 12.3 Å². The highest BCUT2D eigenvalue weighted by Gasteiger charge is 2.24. The van der Waals surface area contributed by atoms with E-state index in [2.05, 4.69) is 19.9 Å². The number of H-pyrrole nitrogens is 1. The Morgan fingerprint density at radius 3 is 2.82 bits per heavy atom. The van der Waals surface area contributed by atoms with E-state index in [1.807, 2.05) is 12.1 Å². The van der Waals surface area contributed by atoms with Gasteiger partial charge in [0.05, 0.1) is 18.9 Å². The number of aliphatic hydroxyl groups is 1. The number of imidazole rings is 1. The van der Waals surface area contributed by atoms with E-state index in [0.29, 0.717) is 26.2 Å². The number of carbonyl (C=O) groups excluding carboxylic acids is 1. The molecule has 1 atom stereocenters. The fourth-order valence-corrected chi connectivity index (χ4v) is 2.66. The third-order valence-electron chi connectivity index (χ3n) is 3.78. The highest BCUT2D eigenvalue weighted by atomic mass is 16.3. The fourth-order valence-electron chi connectivity index (χ4n) is 2.66. The quantitative estimate of drug-likeness (QED) is 0.837. The first-order valence-corrected chi connectivity index (χ1v) is 7.30. The SMILES string of the molecule is O=C(Cc1cnc[nH]1)N1CCN(c2ccncc2)CC(O)C1. The molecular formula is C15H19N5O2. The number of aliphatic hydroxyl groups excluding tert-OH is 1. The van der Waals surface area contributed by atoms with Crippen LogP contribution >= 0.6 is 0 Å². The van der Waals surface area contributed by atoms with Gasteiger partial charge < -0.3 is 19.9 Å². The summed E-state index contributed by atoms with van der Waals surface area (Å²) in [5.41, 5.74) is 1.80. The summed E-state index contributed by atoms with van der Waals surface area (Å²) in [5.74, 6) is -0.000113. The summed E-state index contributed by atoms with van der Waals surface area (Å²) in [6, 6.07) is 3.82. The molecule has 0 radical (unpaired) electrons. The average molecular weight is 301 g/mol. The van der Waals surface area contributed by atoms with Crippen molar-refractivity contribution in [3.63, 3.8) is 0 Å². The Bertz CT molecular complexity index is 602. The van der Waals surface area contributed by atoms with Crippen molar-refractivity contribution in [2.24, 2.45) is 0 Å². The maximum Gasteiger partial charge on any atom is 0.228 e. The molecule has 7 heteroatoms. The van der Waals surface area contributed by atoms with E-state index >= 15 is 0 Å². The zero-order valence-electron chi connectivity index (χ0n) is 12.2. The Morgan fingerprint density at radius 1 is 1.27 bits per heavy atom. The molecule has 2 aromatic heterocycles. The minimum absolute atomic E-state index is 0.000113. The number of aromatic nitrogens is 3. The molecule has 0 spiro atoms. The third-order valence-corrected chi connectivity index (χ3v) is 3.78. The molecule has 1 aliphatic heterocycles. The van der Waals surface area contributed by atoms with Gasteiger partial charge in [0, 0.05) is 56.2 Å². The normalized spacial score (nSPS) is 19.0. The van der Waals surface area contributed by atoms with Gasteiger partial charge in [-0.1, -0.05) is 0 Å². The summed E-state index contributed by atoms with van der Waals surface area (Å²) in [5, 5.41) is 10.2. The fraction of sp³-hybridized carbons (Fsp3) is 0.400. The first-order valence-electron chi connectivity index (χ1n) is 7.30. The largest absolute Gasteiger partial charge is 0.389 e. The number of pyridine rings is 1. The van der Waals surface area contributed by atoms with Gasteiger partial charge in [0.2, 0.25) is 5.91 Å². The van der Waals surface area contributed by atoms with Crippen molar-refractivity contribution in [2.75, 3.05) is 31.1 Å². The lowest BCUT2D eigenvalue weighted by Gasteiger charge is -2.23. The highest BCUT2D eigenvalue weighted by molar-refractivity contribution is 5.78. The van der Waals surface area contributed by atoms with Crippen LogP contribution < -0.4 is 4.90 Å². The summed E-state index contributed by atoms with van der Waals surface area (Å²) in [6.07, 6.45) is 6.38. The monoisotopic (exact) mass is 301 g/mol. The third kappa shape index (κ3) is 3.43. The smallest absolute Gasteiger partial charge is 0.228 e. The van der Waals surface area contributed by atoms with E-state index in [9.17, 15) is 9.90 Å². The van der Waals surface area contributed by atoms with E-state index in [0.717, 1.165) is 11.4 Å². The Labute approximate surface area is 128 Å². The highest BCUT2D eigenvalue weighted by Crippen LogP contribution is 2.15. The Balaban J connectivity index is 1.65. The van der Waals surface area contributed by atoms with Crippen molar-refractivity contribution in [2.45, 2.75) is 12.5 Å². The van der Waals surface area contributed by atoms with Gasteiger partial charge in [0.15, 0.2) is 0 Å². The molecular weight excluding hydrogens is 282 g/mol. The van der Waals surface area contributed by atoms with Gasteiger partial charge >= 0.3 is 0 Å². The van der Waals surface area contributed by atoms with E-state index in [1.54, 1.807) is 29.8 Å². The van der Waals surface area contributed by atoms with Gasteiger partial charge in [0.1, 0.15) is 0 Å². The molecule has 1 amide bonds. The van der Waals surface area contributed by atoms with Crippen LogP contribution in [0.1, 0.15) is 5.69 Å². The van der Waals surface area contributed by atoms with Crippen molar-refractivity contribution in [1.29, 1.82) is 0 Å². The average Bonchev–Trinajstić information content (AvgIpc) is 2.95. The van der Waals surface area contributed by atoms with Crippen LogP contribution in [0.5, 0.6) is 0 Å². The summed E-state index contributed by atoms with van der Waals surface area (Å²) in [4.78, 5) is 27.0. The molecule has 1 fully saturated rings. The van der Waals surface area contributed by atoms with Crippen molar-refractivity contribution in [1.82, 2.24) is 19.9 Å². The molecule has 1 unspecified atom stereocenters. The Hall–Kier alpha value is -2.41. The molecule has 1 aliphatic rings. The number of rotatable bonds is 3. The number of amides is 1. The Kier molecular flexibility index (Phi) is 4.34. The molecule has 0 aromatic carbocycles. The molecule has 22 heavy (non-hydrogen) atoms. The van der Waals surface area contributed by atoms with Crippen molar-refractivity contribution >= 4 is 11.6 Å². The molecule has 1 saturated heterocycles. The maximum atomic E-state index is 12.3. The maximum absolute atomic E-state index is 12.3. The summed E-state index contributed by atoms with van der Waals surface area (Å²) >= 11 is 0.